The molecule has 1 fully saturated rings. The van der Waals surface area contributed by atoms with Gasteiger partial charge in [-0.3, -0.25) is 9.59 Å². The molecule has 190 valence electrons. The number of anilines is 1. The first-order valence-corrected chi connectivity index (χ1v) is 12.3. The highest BCUT2D eigenvalue weighted by Crippen LogP contribution is 2.53. The Morgan fingerprint density at radius 1 is 1.16 bits per heavy atom. The topological polar surface area (TPSA) is 103 Å². The van der Waals surface area contributed by atoms with E-state index in [-0.39, 0.29) is 51.4 Å². The van der Waals surface area contributed by atoms with Crippen molar-refractivity contribution in [1.82, 2.24) is 5.32 Å². The van der Waals surface area contributed by atoms with E-state index in [0.29, 0.717) is 5.56 Å². The van der Waals surface area contributed by atoms with Crippen LogP contribution in [0, 0.1) is 11.6 Å². The summed E-state index contributed by atoms with van der Waals surface area (Å²) in [4.78, 5) is 24.3. The fourth-order valence-electron chi connectivity index (χ4n) is 5.65. The summed E-state index contributed by atoms with van der Waals surface area (Å²) >= 11 is 6.49. The minimum absolute atomic E-state index is 0.0259. The van der Waals surface area contributed by atoms with E-state index < -0.39 is 35.7 Å². The van der Waals surface area contributed by atoms with Crippen molar-refractivity contribution in [2.24, 2.45) is 5.73 Å². The van der Waals surface area contributed by atoms with Crippen molar-refractivity contribution >= 4 is 29.1 Å². The van der Waals surface area contributed by atoms with Gasteiger partial charge < -0.3 is 25.8 Å². The summed E-state index contributed by atoms with van der Waals surface area (Å²) in [7, 11) is 0. The number of carbonyl (C=O) groups is 2. The largest absolute Gasteiger partial charge is 0.480 e. The van der Waals surface area contributed by atoms with Crippen molar-refractivity contribution in [3.63, 3.8) is 0 Å². The molecule has 0 unspecified atom stereocenters. The van der Waals surface area contributed by atoms with Gasteiger partial charge in [0.15, 0.2) is 23.8 Å². The second-order valence-electron chi connectivity index (χ2n) is 9.40. The molecule has 3 aliphatic rings. The quantitative estimate of drug-likeness (QED) is 0.471. The number of halogens is 3. The summed E-state index contributed by atoms with van der Waals surface area (Å²) in [6.07, 6.45) is 2.00. The van der Waals surface area contributed by atoms with Crippen molar-refractivity contribution in [2.75, 3.05) is 18.5 Å². The number of hydrogen-bond acceptors (Lipinski definition) is 5. The molecule has 0 aromatic heterocycles. The van der Waals surface area contributed by atoms with E-state index in [9.17, 15) is 9.59 Å². The van der Waals surface area contributed by atoms with E-state index in [1.807, 2.05) is 30.3 Å². The van der Waals surface area contributed by atoms with Gasteiger partial charge in [-0.15, -0.1) is 0 Å². The Morgan fingerprint density at radius 3 is 2.65 bits per heavy atom. The van der Waals surface area contributed by atoms with E-state index in [1.165, 1.54) is 12.1 Å². The van der Waals surface area contributed by atoms with E-state index in [4.69, 9.17) is 26.8 Å². The number of nitrogens with one attached hydrogen (secondary N) is 2. The van der Waals surface area contributed by atoms with Crippen LogP contribution >= 0.6 is 11.6 Å². The van der Waals surface area contributed by atoms with Crippen molar-refractivity contribution in [2.45, 2.75) is 30.9 Å². The Morgan fingerprint density at radius 2 is 1.95 bits per heavy atom. The average molecular weight is 526 g/mol. The molecular formula is C27H22ClF2N3O4. The lowest BCUT2D eigenvalue weighted by Crippen LogP contribution is -2.48. The zero-order chi connectivity index (χ0) is 25.9. The van der Waals surface area contributed by atoms with E-state index in [2.05, 4.69) is 10.6 Å². The molecule has 2 amide bonds. The first-order chi connectivity index (χ1) is 17.8. The molecule has 0 aliphatic carbocycles. The molecule has 0 bridgehead atoms. The second kappa shape index (κ2) is 8.71. The second-order valence-corrected chi connectivity index (χ2v) is 9.78. The predicted molar refractivity (Wildman–Crippen MR) is 133 cm³/mol. The molecule has 4 N–H and O–H groups in total. The fourth-order valence-corrected chi connectivity index (χ4v) is 5.91. The summed E-state index contributed by atoms with van der Waals surface area (Å²) in [5.74, 6) is -3.37. The Hall–Kier alpha value is -3.69. The number of rotatable bonds is 4. The van der Waals surface area contributed by atoms with E-state index >= 15 is 8.78 Å². The van der Waals surface area contributed by atoms with Crippen LogP contribution in [0.15, 0.2) is 42.5 Å². The molecule has 0 radical (unpaired) electrons. The molecule has 3 heterocycles. The van der Waals surface area contributed by atoms with Gasteiger partial charge in [0.05, 0.1) is 22.3 Å². The minimum Gasteiger partial charge on any atom is -0.480 e. The Balaban J connectivity index is 1.60. The van der Waals surface area contributed by atoms with Gasteiger partial charge in [-0.25, -0.2) is 8.78 Å². The smallest absolute Gasteiger partial charge is 0.262 e. The molecule has 6 rings (SSSR count). The molecule has 2 atom stereocenters. The van der Waals surface area contributed by atoms with Gasteiger partial charge in [-0.05, 0) is 31.0 Å². The number of nitrogens with two attached hydrogens (primary N) is 1. The van der Waals surface area contributed by atoms with Crippen LogP contribution in [0.2, 0.25) is 5.02 Å². The third-order valence-corrected chi connectivity index (χ3v) is 7.63. The summed E-state index contributed by atoms with van der Waals surface area (Å²) in [5, 5.41) is 5.59. The normalized spacial score (nSPS) is 22.0. The van der Waals surface area contributed by atoms with Gasteiger partial charge >= 0.3 is 0 Å². The van der Waals surface area contributed by atoms with Crippen molar-refractivity contribution in [3.05, 3.63) is 75.8 Å². The summed E-state index contributed by atoms with van der Waals surface area (Å²) in [6.45, 7) is 0.386. The van der Waals surface area contributed by atoms with Crippen LogP contribution in [-0.4, -0.2) is 31.0 Å². The maximum Gasteiger partial charge on any atom is 0.262 e. The zero-order valence-electron chi connectivity index (χ0n) is 19.5. The summed E-state index contributed by atoms with van der Waals surface area (Å²) < 4.78 is 43.2. The molecular weight excluding hydrogens is 504 g/mol. The highest BCUT2D eigenvalue weighted by Gasteiger charge is 2.50. The lowest BCUT2D eigenvalue weighted by atomic mass is 9.80. The van der Waals surface area contributed by atoms with E-state index in [0.717, 1.165) is 24.9 Å². The molecule has 3 aromatic rings. The van der Waals surface area contributed by atoms with Crippen molar-refractivity contribution in [3.8, 4) is 22.6 Å². The Kier molecular flexibility index (Phi) is 5.58. The fraction of sp³-hybridized carbons (Fsp3) is 0.259. The molecule has 0 spiro atoms. The van der Waals surface area contributed by atoms with Crippen LogP contribution in [0.5, 0.6) is 11.5 Å². The Labute approximate surface area is 215 Å². The number of fused-ring (bicyclic) bond motifs is 2. The van der Waals surface area contributed by atoms with Gasteiger partial charge in [-0.2, -0.15) is 0 Å². The predicted octanol–water partition coefficient (Wildman–Crippen LogP) is 4.30. The molecule has 0 saturated carbocycles. The number of carbonyl (C=O) groups excluding carboxylic acids is 2. The number of hydrogen-bond donors (Lipinski definition) is 3. The van der Waals surface area contributed by atoms with Crippen LogP contribution in [0.4, 0.5) is 14.5 Å². The van der Waals surface area contributed by atoms with Gasteiger partial charge in [-0.1, -0.05) is 41.9 Å². The third kappa shape index (κ3) is 3.64. The highest BCUT2D eigenvalue weighted by molar-refractivity contribution is 6.34. The SMILES string of the molecule is NC(=O)c1cc2c(c(F)c1-c1c(Cl)c(F)cc3c1C[C@](c1ccccc1)([C@@H]1CCCN1)O3)OCC(=O)N2. The molecule has 10 heteroatoms. The average Bonchev–Trinajstić information content (AvgIpc) is 3.55. The maximum absolute atomic E-state index is 16.1. The van der Waals surface area contributed by atoms with Gasteiger partial charge in [0, 0.05) is 29.2 Å². The molecule has 3 aromatic carbocycles. The molecule has 37 heavy (non-hydrogen) atoms. The maximum atomic E-state index is 16.1. The standard InChI is InChI=1S/C27H22ClF2N3O4/c28-23-16(29)10-18-15(11-27(37-18,19-7-4-8-32-19)13-5-2-1-3-6-13)21(23)22-14(26(31)35)9-17-25(24(22)30)36-12-20(34)33-17/h1-3,5-6,9-10,19,32H,4,7-8,11-12H2,(H2,31,35)(H,33,34)/t19-,27-/m0/s1. The highest BCUT2D eigenvalue weighted by atomic mass is 35.5. The number of benzene rings is 3. The minimum atomic E-state index is -0.976. The zero-order valence-corrected chi connectivity index (χ0v) is 20.3. The molecule has 7 nitrogen and oxygen atoms in total. The molecule has 3 aliphatic heterocycles. The lowest BCUT2D eigenvalue weighted by molar-refractivity contribution is -0.118. The Bertz CT molecular complexity index is 1460. The van der Waals surface area contributed by atoms with Gasteiger partial charge in [0.1, 0.15) is 11.6 Å². The monoisotopic (exact) mass is 525 g/mol. The molecule has 1 saturated heterocycles. The van der Waals surface area contributed by atoms with E-state index in [1.54, 1.807) is 0 Å². The summed E-state index contributed by atoms with van der Waals surface area (Å²) in [5.41, 5.74) is 5.41. The van der Waals surface area contributed by atoms with Crippen molar-refractivity contribution < 1.29 is 27.8 Å². The first-order valence-electron chi connectivity index (χ1n) is 11.9. The lowest BCUT2D eigenvalue weighted by Gasteiger charge is -2.35. The summed E-state index contributed by atoms with van der Waals surface area (Å²) in [6, 6.07) is 11.9. The third-order valence-electron chi connectivity index (χ3n) is 7.26. The number of primary amides is 1. The van der Waals surface area contributed by atoms with Crippen LogP contribution in [0.3, 0.4) is 0 Å². The van der Waals surface area contributed by atoms with Crippen LogP contribution in [-0.2, 0) is 16.8 Å². The number of amides is 2. The van der Waals surface area contributed by atoms with Gasteiger partial charge in [0.2, 0.25) is 5.91 Å². The number of ether oxygens (including phenoxy) is 2. The first kappa shape index (κ1) is 23.7. The van der Waals surface area contributed by atoms with Crippen molar-refractivity contribution in [1.29, 1.82) is 0 Å². The van der Waals surface area contributed by atoms with Crippen LogP contribution in [0.25, 0.3) is 11.1 Å². The van der Waals surface area contributed by atoms with Gasteiger partial charge in [0.25, 0.3) is 5.91 Å². The van der Waals surface area contributed by atoms with Crippen LogP contribution < -0.4 is 25.8 Å². The van der Waals surface area contributed by atoms with Crippen LogP contribution in [0.1, 0.15) is 34.3 Å².